The van der Waals surface area contributed by atoms with Crippen LogP contribution < -0.4 is 5.32 Å². The lowest BCUT2D eigenvalue weighted by Crippen LogP contribution is -2.41. The number of anilines is 1. The van der Waals surface area contributed by atoms with Crippen LogP contribution in [0.5, 0.6) is 0 Å². The Bertz CT molecular complexity index is 887. The summed E-state index contributed by atoms with van der Waals surface area (Å²) in [5.41, 5.74) is 0.454. The summed E-state index contributed by atoms with van der Waals surface area (Å²) in [5.74, 6) is -2.70. The van der Waals surface area contributed by atoms with Gasteiger partial charge < -0.3 is 10.4 Å². The number of amides is 1. The van der Waals surface area contributed by atoms with Crippen molar-refractivity contribution >= 4 is 40.9 Å². The number of benzene rings is 2. The number of carboxylic acids is 1. The van der Waals surface area contributed by atoms with E-state index in [9.17, 15) is 23.5 Å². The summed E-state index contributed by atoms with van der Waals surface area (Å²) in [6, 6.07) is 7.49. The summed E-state index contributed by atoms with van der Waals surface area (Å²) in [6.07, 6.45) is 1.68. The van der Waals surface area contributed by atoms with Crippen molar-refractivity contribution in [3.8, 4) is 0 Å². The Balaban J connectivity index is 1.81. The van der Waals surface area contributed by atoms with Crippen molar-refractivity contribution in [1.82, 2.24) is 0 Å². The number of carboxylic acid groups (broad SMARTS) is 1. The standard InChI is InChI=1S/C18H14ClF2NO3S/c19-12-9-11(3-5-13(12)20)22-16(23)10-2-4-14(21)15(8-10)26-18(17(24)25)6-1-7-18/h2-5,8-9H,1,6-7H2,(H,22,23)(H,24,25). The lowest BCUT2D eigenvalue weighted by atomic mass is 9.84. The number of nitrogens with one attached hydrogen (secondary N) is 1. The van der Waals surface area contributed by atoms with Crippen LogP contribution in [0.2, 0.25) is 5.02 Å². The lowest BCUT2D eigenvalue weighted by Gasteiger charge is -2.36. The number of aliphatic carboxylic acids is 1. The van der Waals surface area contributed by atoms with Gasteiger partial charge in [-0.25, -0.2) is 8.78 Å². The zero-order valence-corrected chi connectivity index (χ0v) is 15.0. The van der Waals surface area contributed by atoms with E-state index < -0.39 is 28.3 Å². The molecule has 0 aromatic heterocycles. The molecule has 0 unspecified atom stereocenters. The van der Waals surface area contributed by atoms with E-state index >= 15 is 0 Å². The minimum atomic E-state index is -1.04. The van der Waals surface area contributed by atoms with Crippen LogP contribution in [0.25, 0.3) is 0 Å². The maximum Gasteiger partial charge on any atom is 0.320 e. The van der Waals surface area contributed by atoms with Crippen LogP contribution in [0.15, 0.2) is 41.3 Å². The normalized spacial score (nSPS) is 15.2. The van der Waals surface area contributed by atoms with Gasteiger partial charge >= 0.3 is 5.97 Å². The second-order valence-electron chi connectivity index (χ2n) is 5.98. The topological polar surface area (TPSA) is 66.4 Å². The Kier molecular flexibility index (Phi) is 5.20. The predicted octanol–water partition coefficient (Wildman–Crippen LogP) is 4.97. The molecule has 0 saturated heterocycles. The Hall–Kier alpha value is -2.12. The maximum atomic E-state index is 14.1. The van der Waals surface area contributed by atoms with Crippen molar-refractivity contribution in [3.63, 3.8) is 0 Å². The average molecular weight is 398 g/mol. The molecule has 0 aliphatic heterocycles. The number of thioether (sulfide) groups is 1. The smallest absolute Gasteiger partial charge is 0.320 e. The summed E-state index contributed by atoms with van der Waals surface area (Å²) >= 11 is 6.61. The summed E-state index contributed by atoms with van der Waals surface area (Å²) in [5, 5.41) is 11.8. The number of halogens is 3. The maximum absolute atomic E-state index is 14.1. The highest BCUT2D eigenvalue weighted by molar-refractivity contribution is 8.01. The summed E-state index contributed by atoms with van der Waals surface area (Å²) < 4.78 is 26.2. The van der Waals surface area contributed by atoms with Crippen LogP contribution in [-0.2, 0) is 4.79 Å². The van der Waals surface area contributed by atoms with Gasteiger partial charge in [-0.15, -0.1) is 11.8 Å². The molecule has 0 atom stereocenters. The van der Waals surface area contributed by atoms with Gasteiger partial charge in [0, 0.05) is 16.1 Å². The quantitative estimate of drug-likeness (QED) is 0.747. The second-order valence-corrected chi connectivity index (χ2v) is 7.82. The number of hydrogen-bond donors (Lipinski definition) is 2. The molecule has 2 aromatic carbocycles. The Morgan fingerprint density at radius 2 is 1.81 bits per heavy atom. The highest BCUT2D eigenvalue weighted by atomic mass is 35.5. The van der Waals surface area contributed by atoms with Crippen molar-refractivity contribution < 1.29 is 23.5 Å². The fraction of sp³-hybridized carbons (Fsp3) is 0.222. The van der Waals surface area contributed by atoms with Gasteiger partial charge in [-0.3, -0.25) is 9.59 Å². The van der Waals surface area contributed by atoms with Crippen LogP contribution in [0.4, 0.5) is 14.5 Å². The second kappa shape index (κ2) is 7.25. The molecule has 1 saturated carbocycles. The Morgan fingerprint density at radius 3 is 2.38 bits per heavy atom. The van der Waals surface area contributed by atoms with Gasteiger partial charge in [-0.1, -0.05) is 11.6 Å². The van der Waals surface area contributed by atoms with Crippen LogP contribution in [0.1, 0.15) is 29.6 Å². The third-order valence-electron chi connectivity index (χ3n) is 4.23. The first-order valence-electron chi connectivity index (χ1n) is 7.79. The van der Waals surface area contributed by atoms with E-state index in [1.165, 1.54) is 24.3 Å². The molecule has 2 aromatic rings. The van der Waals surface area contributed by atoms with Crippen LogP contribution in [0.3, 0.4) is 0 Å². The van der Waals surface area contributed by atoms with E-state index in [1.807, 2.05) is 0 Å². The molecule has 0 spiro atoms. The largest absolute Gasteiger partial charge is 0.480 e. The molecule has 3 rings (SSSR count). The Labute approximate surface area is 157 Å². The minimum absolute atomic E-state index is 0.108. The predicted molar refractivity (Wildman–Crippen MR) is 95.8 cm³/mol. The molecule has 1 fully saturated rings. The molecular weight excluding hydrogens is 384 g/mol. The van der Waals surface area contributed by atoms with E-state index in [-0.39, 0.29) is 15.5 Å². The van der Waals surface area contributed by atoms with Crippen LogP contribution in [-0.4, -0.2) is 21.7 Å². The summed E-state index contributed by atoms with van der Waals surface area (Å²) in [7, 11) is 0. The lowest BCUT2D eigenvalue weighted by molar-refractivity contribution is -0.142. The molecule has 1 aliphatic rings. The fourth-order valence-corrected chi connectivity index (χ4v) is 4.10. The van der Waals surface area contributed by atoms with Gasteiger partial charge in [-0.05, 0) is 55.7 Å². The summed E-state index contributed by atoms with van der Waals surface area (Å²) in [4.78, 5) is 23.9. The molecular formula is C18H14ClF2NO3S. The summed E-state index contributed by atoms with van der Waals surface area (Å²) in [6.45, 7) is 0. The van der Waals surface area contributed by atoms with Gasteiger partial charge in [0.2, 0.25) is 0 Å². The zero-order valence-electron chi connectivity index (χ0n) is 13.4. The molecule has 1 amide bonds. The number of carbonyl (C=O) groups excluding carboxylic acids is 1. The first kappa shape index (κ1) is 18.7. The number of rotatable bonds is 5. The van der Waals surface area contributed by atoms with Gasteiger partial charge in [0.05, 0.1) is 5.02 Å². The van der Waals surface area contributed by atoms with E-state index in [1.54, 1.807) is 0 Å². The molecule has 0 bridgehead atoms. The van der Waals surface area contributed by atoms with Gasteiger partial charge in [-0.2, -0.15) is 0 Å². The molecule has 2 N–H and O–H groups in total. The monoisotopic (exact) mass is 397 g/mol. The first-order chi connectivity index (χ1) is 12.3. The molecule has 26 heavy (non-hydrogen) atoms. The molecule has 4 nitrogen and oxygen atoms in total. The van der Waals surface area contributed by atoms with Crippen LogP contribution in [0, 0.1) is 11.6 Å². The van der Waals surface area contributed by atoms with Gasteiger partial charge in [0.15, 0.2) is 0 Å². The number of hydrogen-bond acceptors (Lipinski definition) is 3. The van der Waals surface area contributed by atoms with E-state index in [0.717, 1.165) is 30.3 Å². The van der Waals surface area contributed by atoms with Crippen molar-refractivity contribution in [1.29, 1.82) is 0 Å². The highest BCUT2D eigenvalue weighted by Crippen LogP contribution is 2.48. The third kappa shape index (κ3) is 3.68. The molecule has 1 aliphatic carbocycles. The minimum Gasteiger partial charge on any atom is -0.480 e. The first-order valence-corrected chi connectivity index (χ1v) is 8.98. The van der Waals surface area contributed by atoms with E-state index in [2.05, 4.69) is 5.32 Å². The molecule has 8 heteroatoms. The fourth-order valence-electron chi connectivity index (χ4n) is 2.57. The SMILES string of the molecule is O=C(Nc1ccc(F)c(Cl)c1)c1ccc(F)c(SC2(C(=O)O)CCC2)c1. The zero-order chi connectivity index (χ0) is 18.9. The number of carbonyl (C=O) groups is 2. The third-order valence-corrected chi connectivity index (χ3v) is 6.02. The van der Waals surface area contributed by atoms with Crippen LogP contribution >= 0.6 is 23.4 Å². The van der Waals surface area contributed by atoms with Crippen molar-refractivity contribution in [2.45, 2.75) is 28.9 Å². The van der Waals surface area contributed by atoms with Crippen molar-refractivity contribution in [3.05, 3.63) is 58.6 Å². The molecule has 0 heterocycles. The molecule has 136 valence electrons. The van der Waals surface area contributed by atoms with Gasteiger partial charge in [0.25, 0.3) is 5.91 Å². The molecule has 0 radical (unpaired) electrons. The van der Waals surface area contributed by atoms with Crippen molar-refractivity contribution in [2.24, 2.45) is 0 Å². The van der Waals surface area contributed by atoms with E-state index in [4.69, 9.17) is 11.6 Å². The average Bonchev–Trinajstić information content (AvgIpc) is 2.55. The Morgan fingerprint density at radius 1 is 1.12 bits per heavy atom. The highest BCUT2D eigenvalue weighted by Gasteiger charge is 2.46. The van der Waals surface area contributed by atoms with E-state index in [0.29, 0.717) is 18.5 Å². The van der Waals surface area contributed by atoms with Crippen molar-refractivity contribution in [2.75, 3.05) is 5.32 Å². The van der Waals surface area contributed by atoms with Gasteiger partial charge in [0.1, 0.15) is 16.4 Å².